The summed E-state index contributed by atoms with van der Waals surface area (Å²) in [6.07, 6.45) is 3.47. The van der Waals surface area contributed by atoms with Gasteiger partial charge in [-0.3, -0.25) is 0 Å². The van der Waals surface area contributed by atoms with Crippen LogP contribution in [0.1, 0.15) is 19.3 Å². The first kappa shape index (κ1) is 12.1. The Bertz CT molecular complexity index is 561. The molecule has 4 nitrogen and oxygen atoms in total. The molecule has 0 aromatic heterocycles. The number of piperidine rings is 1. The standard InChI is InChI=1S/C14H14N4S/c15-10-12-14(19)17-9-5-4-8-13(17)18(16-12)11-6-2-1-3-7-11/h1-3,6-7,13H,4-5,8-9H2. The minimum Gasteiger partial charge on any atom is -0.338 e. The van der Waals surface area contributed by atoms with E-state index in [-0.39, 0.29) is 6.17 Å². The number of hydrogen-bond donors (Lipinski definition) is 0. The Morgan fingerprint density at radius 2 is 2.05 bits per heavy atom. The van der Waals surface area contributed by atoms with Gasteiger partial charge in [0.2, 0.25) is 0 Å². The molecule has 0 bridgehead atoms. The third-order valence-electron chi connectivity index (χ3n) is 3.55. The van der Waals surface area contributed by atoms with E-state index in [0.717, 1.165) is 25.1 Å². The minimum atomic E-state index is 0.153. The normalized spacial score (nSPS) is 22.6. The molecule has 0 spiro atoms. The van der Waals surface area contributed by atoms with Crippen molar-refractivity contribution >= 4 is 28.6 Å². The van der Waals surface area contributed by atoms with Crippen LogP contribution in [-0.2, 0) is 0 Å². The first-order valence-corrected chi connectivity index (χ1v) is 6.86. The van der Waals surface area contributed by atoms with Crippen LogP contribution in [0.3, 0.4) is 0 Å². The number of para-hydroxylation sites is 1. The van der Waals surface area contributed by atoms with Gasteiger partial charge in [-0.05, 0) is 31.4 Å². The zero-order valence-corrected chi connectivity index (χ0v) is 11.3. The van der Waals surface area contributed by atoms with Crippen LogP contribution in [0.2, 0.25) is 0 Å². The summed E-state index contributed by atoms with van der Waals surface area (Å²) in [5.41, 5.74) is 1.35. The lowest BCUT2D eigenvalue weighted by Gasteiger charge is -2.45. The molecule has 1 saturated heterocycles. The SMILES string of the molecule is N#CC1=NN(c2ccccc2)C2CCCCN2C1=S. The molecule has 96 valence electrons. The van der Waals surface area contributed by atoms with Gasteiger partial charge in [0.15, 0.2) is 5.71 Å². The highest BCUT2D eigenvalue weighted by molar-refractivity contribution is 7.82. The quantitative estimate of drug-likeness (QED) is 0.735. The summed E-state index contributed by atoms with van der Waals surface area (Å²) in [6, 6.07) is 12.1. The van der Waals surface area contributed by atoms with Crippen LogP contribution in [0, 0.1) is 11.3 Å². The molecule has 3 rings (SSSR count). The molecule has 2 aliphatic heterocycles. The van der Waals surface area contributed by atoms with E-state index in [1.165, 1.54) is 6.42 Å². The van der Waals surface area contributed by atoms with E-state index >= 15 is 0 Å². The molecular formula is C14H14N4S. The molecular weight excluding hydrogens is 256 g/mol. The van der Waals surface area contributed by atoms with E-state index in [9.17, 15) is 5.26 Å². The Morgan fingerprint density at radius 3 is 2.79 bits per heavy atom. The highest BCUT2D eigenvalue weighted by Gasteiger charge is 2.35. The molecule has 2 heterocycles. The maximum Gasteiger partial charge on any atom is 0.195 e. The Balaban J connectivity index is 2.04. The number of nitriles is 1. The molecule has 2 aliphatic rings. The van der Waals surface area contributed by atoms with E-state index in [0.29, 0.717) is 10.7 Å². The summed E-state index contributed by atoms with van der Waals surface area (Å²) < 4.78 is 0. The van der Waals surface area contributed by atoms with Crippen molar-refractivity contribution in [2.24, 2.45) is 5.10 Å². The molecule has 19 heavy (non-hydrogen) atoms. The minimum absolute atomic E-state index is 0.153. The molecule has 0 amide bonds. The Hall–Kier alpha value is -1.93. The van der Waals surface area contributed by atoms with Gasteiger partial charge in [-0.1, -0.05) is 30.4 Å². The molecule has 1 atom stereocenters. The summed E-state index contributed by atoms with van der Waals surface area (Å²) >= 11 is 5.37. The first-order chi connectivity index (χ1) is 9.31. The average Bonchev–Trinajstić information content (AvgIpc) is 2.49. The predicted molar refractivity (Wildman–Crippen MR) is 78.9 cm³/mol. The third-order valence-corrected chi connectivity index (χ3v) is 3.98. The lowest BCUT2D eigenvalue weighted by molar-refractivity contribution is 0.235. The van der Waals surface area contributed by atoms with Crippen molar-refractivity contribution in [1.82, 2.24) is 4.90 Å². The van der Waals surface area contributed by atoms with Gasteiger partial charge in [0.1, 0.15) is 17.2 Å². The molecule has 0 aliphatic carbocycles. The lowest BCUT2D eigenvalue weighted by atomic mass is 10.1. The van der Waals surface area contributed by atoms with Gasteiger partial charge >= 0.3 is 0 Å². The van der Waals surface area contributed by atoms with Crippen molar-refractivity contribution in [2.45, 2.75) is 25.4 Å². The van der Waals surface area contributed by atoms with E-state index in [4.69, 9.17) is 12.2 Å². The molecule has 1 aromatic rings. The molecule has 1 unspecified atom stereocenters. The fourth-order valence-corrected chi connectivity index (χ4v) is 2.94. The number of hydrogen-bond acceptors (Lipinski definition) is 4. The van der Waals surface area contributed by atoms with Gasteiger partial charge in [-0.2, -0.15) is 10.4 Å². The van der Waals surface area contributed by atoms with Crippen LogP contribution in [0.4, 0.5) is 5.69 Å². The summed E-state index contributed by atoms with van der Waals surface area (Å²) in [7, 11) is 0. The molecule has 1 aromatic carbocycles. The molecule has 0 N–H and O–H groups in total. The smallest absolute Gasteiger partial charge is 0.195 e. The van der Waals surface area contributed by atoms with E-state index in [1.807, 2.05) is 35.3 Å². The zero-order valence-electron chi connectivity index (χ0n) is 10.5. The Kier molecular flexibility index (Phi) is 3.18. The highest BCUT2D eigenvalue weighted by atomic mass is 32.1. The maximum atomic E-state index is 9.19. The summed E-state index contributed by atoms with van der Waals surface area (Å²) in [4.78, 5) is 2.73. The average molecular weight is 270 g/mol. The second kappa shape index (κ2) is 4.98. The van der Waals surface area contributed by atoms with E-state index in [2.05, 4.69) is 16.1 Å². The molecule has 0 radical (unpaired) electrons. The van der Waals surface area contributed by atoms with Gasteiger partial charge in [0, 0.05) is 6.54 Å². The van der Waals surface area contributed by atoms with Crippen molar-refractivity contribution in [2.75, 3.05) is 11.6 Å². The van der Waals surface area contributed by atoms with E-state index in [1.54, 1.807) is 0 Å². The topological polar surface area (TPSA) is 42.6 Å². The fourth-order valence-electron chi connectivity index (χ4n) is 2.64. The summed E-state index contributed by atoms with van der Waals surface area (Å²) in [5.74, 6) is 0. The molecule has 5 heteroatoms. The second-order valence-corrected chi connectivity index (χ2v) is 5.10. The number of rotatable bonds is 1. The monoisotopic (exact) mass is 270 g/mol. The molecule has 1 fully saturated rings. The number of nitrogens with zero attached hydrogens (tertiary/aromatic N) is 4. The van der Waals surface area contributed by atoms with Crippen LogP contribution in [0.5, 0.6) is 0 Å². The van der Waals surface area contributed by atoms with Crippen LogP contribution in [-0.4, -0.2) is 28.3 Å². The Morgan fingerprint density at radius 1 is 1.26 bits per heavy atom. The van der Waals surface area contributed by atoms with Crippen molar-refractivity contribution in [3.05, 3.63) is 30.3 Å². The van der Waals surface area contributed by atoms with Crippen LogP contribution in [0.25, 0.3) is 0 Å². The van der Waals surface area contributed by atoms with Gasteiger partial charge in [0.05, 0.1) is 5.69 Å². The number of fused-ring (bicyclic) bond motifs is 1. The van der Waals surface area contributed by atoms with Gasteiger partial charge < -0.3 is 4.90 Å². The largest absolute Gasteiger partial charge is 0.338 e. The van der Waals surface area contributed by atoms with Crippen molar-refractivity contribution < 1.29 is 0 Å². The van der Waals surface area contributed by atoms with Crippen molar-refractivity contribution in [1.29, 1.82) is 5.26 Å². The van der Waals surface area contributed by atoms with Gasteiger partial charge in [-0.25, -0.2) is 5.01 Å². The highest BCUT2D eigenvalue weighted by Crippen LogP contribution is 2.29. The van der Waals surface area contributed by atoms with E-state index < -0.39 is 0 Å². The van der Waals surface area contributed by atoms with Crippen LogP contribution >= 0.6 is 12.2 Å². The van der Waals surface area contributed by atoms with Crippen molar-refractivity contribution in [3.63, 3.8) is 0 Å². The Labute approximate surface area is 117 Å². The first-order valence-electron chi connectivity index (χ1n) is 6.45. The number of thiocarbonyl (C=S) groups is 1. The number of hydrazone groups is 1. The summed E-state index contributed by atoms with van der Waals surface area (Å²) in [6.45, 7) is 0.910. The van der Waals surface area contributed by atoms with Crippen molar-refractivity contribution in [3.8, 4) is 6.07 Å². The van der Waals surface area contributed by atoms with Gasteiger partial charge in [-0.15, -0.1) is 0 Å². The number of benzene rings is 1. The number of anilines is 1. The second-order valence-electron chi connectivity index (χ2n) is 4.72. The fraction of sp³-hybridized carbons (Fsp3) is 0.357. The summed E-state index contributed by atoms with van der Waals surface area (Å²) in [5, 5.41) is 15.6. The third kappa shape index (κ3) is 2.08. The van der Waals surface area contributed by atoms with Crippen LogP contribution < -0.4 is 5.01 Å². The lowest BCUT2D eigenvalue weighted by Crippen LogP contribution is -2.57. The van der Waals surface area contributed by atoms with Crippen LogP contribution in [0.15, 0.2) is 35.4 Å². The van der Waals surface area contributed by atoms with Gasteiger partial charge in [0.25, 0.3) is 0 Å². The predicted octanol–water partition coefficient (Wildman–Crippen LogP) is 2.53. The molecule has 0 saturated carbocycles. The zero-order chi connectivity index (χ0) is 13.2. The maximum absolute atomic E-state index is 9.19.